The highest BCUT2D eigenvalue weighted by Crippen LogP contribution is 2.29. The van der Waals surface area contributed by atoms with Gasteiger partial charge in [0.05, 0.1) is 13.7 Å². The van der Waals surface area contributed by atoms with Crippen molar-refractivity contribution < 1.29 is 28.6 Å². The highest BCUT2D eigenvalue weighted by Gasteiger charge is 2.10. The Kier molecular flexibility index (Phi) is 10.8. The molecule has 0 fully saturated rings. The third-order valence-corrected chi connectivity index (χ3v) is 4.81. The fraction of sp³-hybridized carbons (Fsp3) is 0.370. The quantitative estimate of drug-likeness (QED) is 0.205. The number of ether oxygens (including phenoxy) is 3. The lowest BCUT2D eigenvalue weighted by Crippen LogP contribution is -2.21. The van der Waals surface area contributed by atoms with E-state index in [1.807, 2.05) is 18.2 Å². The van der Waals surface area contributed by atoms with Crippen molar-refractivity contribution in [1.29, 1.82) is 0 Å². The average molecular weight is 468 g/mol. The fourth-order valence-corrected chi connectivity index (χ4v) is 3.01. The van der Waals surface area contributed by atoms with Gasteiger partial charge in [-0.05, 0) is 48.1 Å². The number of ketones is 1. The standard InChI is InChI=1S/C27H33NO6/c1-19(2)17-33-25-13-9-22(16-26(25)32-4)10-14-27(31)34-18-24(30)23-11-7-21(8-12-23)6-5-15-28-20(3)29/h7-14,16,19H,5-6,15,17-18H2,1-4H3,(H,28,29)/b14-10+. The first-order valence-corrected chi connectivity index (χ1v) is 11.3. The zero-order chi connectivity index (χ0) is 24.9. The van der Waals surface area contributed by atoms with Gasteiger partial charge >= 0.3 is 5.97 Å². The molecule has 0 unspecified atom stereocenters. The fourth-order valence-electron chi connectivity index (χ4n) is 3.01. The maximum atomic E-state index is 12.3. The molecule has 7 nitrogen and oxygen atoms in total. The second kappa shape index (κ2) is 13.8. The van der Waals surface area contributed by atoms with E-state index in [0.717, 1.165) is 24.0 Å². The van der Waals surface area contributed by atoms with Crippen molar-refractivity contribution in [2.24, 2.45) is 5.92 Å². The summed E-state index contributed by atoms with van der Waals surface area (Å²) in [5, 5.41) is 2.75. The Morgan fingerprint density at radius 2 is 1.76 bits per heavy atom. The van der Waals surface area contributed by atoms with Crippen molar-refractivity contribution in [2.45, 2.75) is 33.6 Å². The maximum absolute atomic E-state index is 12.3. The minimum atomic E-state index is -0.609. The summed E-state index contributed by atoms with van der Waals surface area (Å²) in [6.07, 6.45) is 4.48. The van der Waals surface area contributed by atoms with Gasteiger partial charge in [0, 0.05) is 25.1 Å². The van der Waals surface area contributed by atoms with Crippen LogP contribution < -0.4 is 14.8 Å². The molecule has 182 valence electrons. The Bertz CT molecular complexity index is 995. The summed E-state index contributed by atoms with van der Waals surface area (Å²) in [5.74, 6) is 0.669. The highest BCUT2D eigenvalue weighted by molar-refractivity contribution is 5.98. The maximum Gasteiger partial charge on any atom is 0.331 e. The molecule has 0 aromatic heterocycles. The van der Waals surface area contributed by atoms with Crippen LogP contribution in [0.25, 0.3) is 6.08 Å². The Morgan fingerprint density at radius 3 is 2.41 bits per heavy atom. The molecule has 34 heavy (non-hydrogen) atoms. The average Bonchev–Trinajstić information content (AvgIpc) is 2.82. The number of esters is 1. The van der Waals surface area contributed by atoms with E-state index in [4.69, 9.17) is 14.2 Å². The third kappa shape index (κ3) is 9.48. The highest BCUT2D eigenvalue weighted by atomic mass is 16.5. The summed E-state index contributed by atoms with van der Waals surface area (Å²) in [4.78, 5) is 35.3. The lowest BCUT2D eigenvalue weighted by Gasteiger charge is -2.12. The molecule has 1 amide bonds. The zero-order valence-electron chi connectivity index (χ0n) is 20.3. The molecule has 7 heteroatoms. The molecule has 0 spiro atoms. The number of carbonyl (C=O) groups excluding carboxylic acids is 3. The molecule has 2 aromatic rings. The van der Waals surface area contributed by atoms with Crippen LogP contribution in [-0.4, -0.2) is 44.5 Å². The number of hydrogen-bond donors (Lipinski definition) is 1. The van der Waals surface area contributed by atoms with E-state index < -0.39 is 5.97 Å². The van der Waals surface area contributed by atoms with Gasteiger partial charge < -0.3 is 19.5 Å². The largest absolute Gasteiger partial charge is 0.493 e. The van der Waals surface area contributed by atoms with Crippen molar-refractivity contribution in [1.82, 2.24) is 5.32 Å². The van der Waals surface area contributed by atoms with Crippen LogP contribution in [0.1, 0.15) is 48.7 Å². The molecule has 0 heterocycles. The summed E-state index contributed by atoms with van der Waals surface area (Å²) >= 11 is 0. The first-order valence-electron chi connectivity index (χ1n) is 11.3. The van der Waals surface area contributed by atoms with Crippen LogP contribution in [0.3, 0.4) is 0 Å². The van der Waals surface area contributed by atoms with E-state index in [-0.39, 0.29) is 18.3 Å². The van der Waals surface area contributed by atoms with Crippen LogP contribution in [-0.2, 0) is 20.7 Å². The van der Waals surface area contributed by atoms with Gasteiger partial charge in [-0.3, -0.25) is 9.59 Å². The van der Waals surface area contributed by atoms with Gasteiger partial charge in [-0.1, -0.05) is 44.2 Å². The Labute approximate surface area is 201 Å². The summed E-state index contributed by atoms with van der Waals surface area (Å²) in [6, 6.07) is 12.5. The molecular weight excluding hydrogens is 434 g/mol. The molecule has 0 aliphatic heterocycles. The zero-order valence-corrected chi connectivity index (χ0v) is 20.3. The Hall–Kier alpha value is -3.61. The molecule has 1 N–H and O–H groups in total. The lowest BCUT2D eigenvalue weighted by atomic mass is 10.1. The van der Waals surface area contributed by atoms with Gasteiger partial charge in [0.1, 0.15) is 0 Å². The Balaban J connectivity index is 1.82. The number of aryl methyl sites for hydroxylation is 1. The van der Waals surface area contributed by atoms with Crippen molar-refractivity contribution in [2.75, 3.05) is 26.9 Å². The summed E-state index contributed by atoms with van der Waals surface area (Å²) in [6.45, 7) is 6.47. The van der Waals surface area contributed by atoms with Gasteiger partial charge in [0.25, 0.3) is 0 Å². The monoisotopic (exact) mass is 467 g/mol. The molecule has 2 rings (SSSR count). The summed E-state index contributed by atoms with van der Waals surface area (Å²) in [5.41, 5.74) is 2.29. The van der Waals surface area contributed by atoms with Crippen molar-refractivity contribution in [3.63, 3.8) is 0 Å². The SMILES string of the molecule is COc1cc(/C=C/C(=O)OCC(=O)c2ccc(CCCNC(C)=O)cc2)ccc1OCC(C)C. The van der Waals surface area contributed by atoms with Gasteiger partial charge in [-0.25, -0.2) is 4.79 Å². The molecule has 0 saturated carbocycles. The van der Waals surface area contributed by atoms with Crippen LogP contribution in [0.2, 0.25) is 0 Å². The Morgan fingerprint density at radius 1 is 1.03 bits per heavy atom. The van der Waals surface area contributed by atoms with E-state index in [9.17, 15) is 14.4 Å². The molecule has 0 aliphatic carbocycles. The van der Waals surface area contributed by atoms with Crippen molar-refractivity contribution in [3.05, 3.63) is 65.2 Å². The number of amides is 1. The van der Waals surface area contributed by atoms with Crippen LogP contribution in [0.15, 0.2) is 48.5 Å². The minimum Gasteiger partial charge on any atom is -0.493 e. The second-order valence-corrected chi connectivity index (χ2v) is 8.26. The normalized spacial score (nSPS) is 10.9. The number of rotatable bonds is 13. The molecule has 0 aliphatic rings. The predicted molar refractivity (Wildman–Crippen MR) is 131 cm³/mol. The van der Waals surface area contributed by atoms with E-state index in [0.29, 0.717) is 36.1 Å². The molecule has 0 saturated heterocycles. The van der Waals surface area contributed by atoms with Crippen LogP contribution in [0, 0.1) is 5.92 Å². The van der Waals surface area contributed by atoms with E-state index in [1.54, 1.807) is 37.5 Å². The third-order valence-electron chi connectivity index (χ3n) is 4.81. The molecule has 0 radical (unpaired) electrons. The molecular formula is C27H33NO6. The van der Waals surface area contributed by atoms with E-state index in [1.165, 1.54) is 13.0 Å². The first kappa shape index (κ1) is 26.6. The molecule has 0 atom stereocenters. The van der Waals surface area contributed by atoms with E-state index >= 15 is 0 Å². The smallest absolute Gasteiger partial charge is 0.331 e. The number of benzene rings is 2. The van der Waals surface area contributed by atoms with Crippen LogP contribution >= 0.6 is 0 Å². The van der Waals surface area contributed by atoms with Crippen LogP contribution in [0.5, 0.6) is 11.5 Å². The minimum absolute atomic E-state index is 0.0466. The second-order valence-electron chi connectivity index (χ2n) is 8.26. The van der Waals surface area contributed by atoms with Gasteiger partial charge in [-0.15, -0.1) is 0 Å². The first-order chi connectivity index (χ1) is 16.3. The molecule has 2 aromatic carbocycles. The lowest BCUT2D eigenvalue weighted by molar-refractivity contribution is -0.136. The predicted octanol–water partition coefficient (Wildman–Crippen LogP) is 4.24. The van der Waals surface area contributed by atoms with Gasteiger partial charge in [-0.2, -0.15) is 0 Å². The number of methoxy groups -OCH3 is 1. The number of Topliss-reactive ketones (excluding diaryl/α,β-unsaturated/α-hetero) is 1. The topological polar surface area (TPSA) is 90.9 Å². The molecule has 0 bridgehead atoms. The number of nitrogens with one attached hydrogen (secondary N) is 1. The van der Waals surface area contributed by atoms with Crippen molar-refractivity contribution in [3.8, 4) is 11.5 Å². The van der Waals surface area contributed by atoms with Gasteiger partial charge in [0.15, 0.2) is 23.9 Å². The summed E-state index contributed by atoms with van der Waals surface area (Å²) in [7, 11) is 1.56. The number of carbonyl (C=O) groups is 3. The van der Waals surface area contributed by atoms with Gasteiger partial charge in [0.2, 0.25) is 5.91 Å². The summed E-state index contributed by atoms with van der Waals surface area (Å²) < 4.78 is 16.2. The van der Waals surface area contributed by atoms with E-state index in [2.05, 4.69) is 19.2 Å². The number of hydrogen-bond acceptors (Lipinski definition) is 6. The van der Waals surface area contributed by atoms with Crippen LogP contribution in [0.4, 0.5) is 0 Å². The van der Waals surface area contributed by atoms with Crippen molar-refractivity contribution >= 4 is 23.7 Å².